The molecule has 4 rings (SSSR count). The number of aromatic amines is 1. The molecule has 5 N–H and O–H groups in total. The van der Waals surface area contributed by atoms with Crippen molar-refractivity contribution in [2.24, 2.45) is 5.73 Å². The topological polar surface area (TPSA) is 111 Å². The summed E-state index contributed by atoms with van der Waals surface area (Å²) >= 11 is 6.04. The average Bonchev–Trinajstić information content (AvgIpc) is 3.32. The summed E-state index contributed by atoms with van der Waals surface area (Å²) in [6, 6.07) is 13.2. The number of rotatable bonds is 5. The minimum Gasteiger partial charge on any atom is -0.394 e. The van der Waals surface area contributed by atoms with E-state index in [1.54, 1.807) is 25.2 Å². The molecular formula is C22H24Cl2N4O3. The summed E-state index contributed by atoms with van der Waals surface area (Å²) in [6.07, 6.45) is 0.588. The number of H-pyrrole nitrogens is 1. The van der Waals surface area contributed by atoms with E-state index < -0.39 is 12.6 Å². The van der Waals surface area contributed by atoms with Crippen LogP contribution in [0.15, 0.2) is 48.5 Å². The number of aromatic nitrogens is 1. The largest absolute Gasteiger partial charge is 0.394 e. The van der Waals surface area contributed by atoms with Gasteiger partial charge in [0.2, 0.25) is 5.91 Å². The highest BCUT2D eigenvalue weighted by Gasteiger charge is 2.39. The summed E-state index contributed by atoms with van der Waals surface area (Å²) in [4.78, 5) is 30.2. The van der Waals surface area contributed by atoms with Gasteiger partial charge in [0.1, 0.15) is 11.7 Å². The summed E-state index contributed by atoms with van der Waals surface area (Å²) in [5.41, 5.74) is 9.02. The lowest BCUT2D eigenvalue weighted by Crippen LogP contribution is -2.50. The lowest BCUT2D eigenvalue weighted by atomic mass is 10.0. The van der Waals surface area contributed by atoms with E-state index in [-0.39, 0.29) is 36.3 Å². The van der Waals surface area contributed by atoms with Gasteiger partial charge in [-0.1, -0.05) is 35.9 Å². The van der Waals surface area contributed by atoms with Gasteiger partial charge in [0, 0.05) is 23.0 Å². The van der Waals surface area contributed by atoms with Crippen molar-refractivity contribution in [2.45, 2.75) is 24.5 Å². The number of aliphatic hydroxyl groups excluding tert-OH is 1. The maximum Gasteiger partial charge on any atom is 0.268 e. The van der Waals surface area contributed by atoms with Crippen molar-refractivity contribution >= 4 is 46.7 Å². The highest BCUT2D eigenvalue weighted by atomic mass is 35.5. The maximum atomic E-state index is 13.0. The smallest absolute Gasteiger partial charge is 0.268 e. The van der Waals surface area contributed by atoms with Gasteiger partial charge >= 0.3 is 0 Å². The highest BCUT2D eigenvalue weighted by Crippen LogP contribution is 2.36. The Bertz CT molecular complexity index is 1120. The second-order valence-electron chi connectivity index (χ2n) is 7.58. The molecular weight excluding hydrogens is 439 g/mol. The third kappa shape index (κ3) is 4.41. The molecule has 0 spiro atoms. The van der Waals surface area contributed by atoms with Crippen molar-refractivity contribution in [1.29, 1.82) is 0 Å². The molecule has 1 heterocycles. The second-order valence-corrected chi connectivity index (χ2v) is 8.02. The molecule has 0 fully saturated rings. The zero-order chi connectivity index (χ0) is 21.4. The summed E-state index contributed by atoms with van der Waals surface area (Å²) < 4.78 is 0. The van der Waals surface area contributed by atoms with Crippen molar-refractivity contribution in [1.82, 2.24) is 15.2 Å². The number of halogens is 2. The number of carbonyl (C=O) groups excluding carboxylic acids is 2. The number of hydrogen-bond donors (Lipinski definition) is 4. The number of nitrogens with two attached hydrogens (primary N) is 1. The van der Waals surface area contributed by atoms with Gasteiger partial charge in [-0.25, -0.2) is 0 Å². The minimum atomic E-state index is -1.00. The van der Waals surface area contributed by atoms with E-state index in [2.05, 4.69) is 10.3 Å². The molecule has 164 valence electrons. The molecule has 3 atom stereocenters. The molecule has 0 saturated carbocycles. The standard InChI is InChI=1S/C22H23ClN4O3.ClH/c1-27(22(30)16(24)11-28)20-15-5-3-2-4-12(15)9-18(20)26-21(29)19-10-13-8-14(23)6-7-17(13)25-19;/h2-8,10,16,18,20,25,28H,9,11,24H2,1H3,(H,26,29);1H/t16-,18+,20+;/m0./s1. The fraction of sp³-hybridized carbons (Fsp3) is 0.273. The van der Waals surface area contributed by atoms with Crippen LogP contribution in [-0.2, 0) is 11.2 Å². The van der Waals surface area contributed by atoms with Crippen molar-refractivity contribution in [3.8, 4) is 0 Å². The quantitative estimate of drug-likeness (QED) is 0.466. The summed E-state index contributed by atoms with van der Waals surface area (Å²) in [5, 5.41) is 13.8. The van der Waals surface area contributed by atoms with Crippen LogP contribution in [0.2, 0.25) is 5.02 Å². The van der Waals surface area contributed by atoms with Gasteiger partial charge in [-0.05, 0) is 41.8 Å². The van der Waals surface area contributed by atoms with Gasteiger partial charge in [0.05, 0.1) is 18.7 Å². The summed E-state index contributed by atoms with van der Waals surface area (Å²) in [6.45, 7) is -0.438. The lowest BCUT2D eigenvalue weighted by molar-refractivity contribution is -0.134. The van der Waals surface area contributed by atoms with Crippen LogP contribution in [0.5, 0.6) is 0 Å². The van der Waals surface area contributed by atoms with Crippen LogP contribution < -0.4 is 11.1 Å². The normalized spacial score (nSPS) is 18.2. The first-order chi connectivity index (χ1) is 14.4. The predicted octanol–water partition coefficient (Wildman–Crippen LogP) is 2.42. The van der Waals surface area contributed by atoms with Crippen molar-refractivity contribution in [2.75, 3.05) is 13.7 Å². The molecule has 9 heteroatoms. The number of fused-ring (bicyclic) bond motifs is 2. The summed E-state index contributed by atoms with van der Waals surface area (Å²) in [5.74, 6) is -0.642. The third-order valence-corrected chi connectivity index (χ3v) is 5.85. The predicted molar refractivity (Wildman–Crippen MR) is 123 cm³/mol. The molecule has 2 amide bonds. The lowest BCUT2D eigenvalue weighted by Gasteiger charge is -2.32. The Morgan fingerprint density at radius 2 is 2.03 bits per heavy atom. The van der Waals surface area contributed by atoms with E-state index in [4.69, 9.17) is 17.3 Å². The zero-order valence-corrected chi connectivity index (χ0v) is 18.4. The first kappa shape index (κ1) is 23.1. The summed E-state index contributed by atoms with van der Waals surface area (Å²) in [7, 11) is 1.65. The van der Waals surface area contributed by atoms with Crippen LogP contribution in [0, 0.1) is 0 Å². The Hall–Kier alpha value is -2.58. The number of nitrogens with zero attached hydrogens (tertiary/aromatic N) is 1. The van der Waals surface area contributed by atoms with Crippen LogP contribution in [0.1, 0.15) is 27.7 Å². The van der Waals surface area contributed by atoms with Crippen LogP contribution in [0.25, 0.3) is 10.9 Å². The molecule has 0 unspecified atom stereocenters. The molecule has 1 aromatic heterocycles. The molecule has 0 saturated heterocycles. The Morgan fingerprint density at radius 3 is 2.77 bits per heavy atom. The SMILES string of the molecule is CN(C(=O)[C@@H](N)CO)[C@@H]1c2ccccc2C[C@H]1NC(=O)c1cc2cc(Cl)ccc2[nH]1.Cl. The Kier molecular flexibility index (Phi) is 6.91. The number of hydrogen-bond acceptors (Lipinski definition) is 4. The first-order valence-corrected chi connectivity index (χ1v) is 10.1. The van der Waals surface area contributed by atoms with Gasteiger partial charge in [0.15, 0.2) is 0 Å². The average molecular weight is 463 g/mol. The molecule has 2 aromatic carbocycles. The van der Waals surface area contributed by atoms with Gasteiger partial charge in [-0.15, -0.1) is 12.4 Å². The molecule has 7 nitrogen and oxygen atoms in total. The van der Waals surface area contributed by atoms with Crippen LogP contribution in [0.4, 0.5) is 0 Å². The van der Waals surface area contributed by atoms with E-state index in [0.29, 0.717) is 17.1 Å². The number of amides is 2. The molecule has 31 heavy (non-hydrogen) atoms. The first-order valence-electron chi connectivity index (χ1n) is 9.69. The van der Waals surface area contributed by atoms with E-state index in [1.807, 2.05) is 30.3 Å². The third-order valence-electron chi connectivity index (χ3n) is 5.62. The highest BCUT2D eigenvalue weighted by molar-refractivity contribution is 6.31. The van der Waals surface area contributed by atoms with E-state index in [9.17, 15) is 14.7 Å². The molecule has 0 aliphatic heterocycles. The van der Waals surface area contributed by atoms with Gasteiger partial charge in [0.25, 0.3) is 5.91 Å². The van der Waals surface area contributed by atoms with E-state index in [0.717, 1.165) is 22.0 Å². The fourth-order valence-corrected chi connectivity index (χ4v) is 4.31. The Balaban J connectivity index is 0.00000272. The number of nitrogens with one attached hydrogen (secondary N) is 2. The molecule has 1 aliphatic carbocycles. The van der Waals surface area contributed by atoms with Crippen molar-refractivity contribution in [3.05, 3.63) is 70.4 Å². The zero-order valence-electron chi connectivity index (χ0n) is 16.8. The van der Waals surface area contributed by atoms with Crippen LogP contribution >= 0.6 is 24.0 Å². The molecule has 3 aromatic rings. The van der Waals surface area contributed by atoms with E-state index >= 15 is 0 Å². The Morgan fingerprint density at radius 1 is 1.29 bits per heavy atom. The number of benzene rings is 2. The minimum absolute atomic E-state index is 0. The van der Waals surface area contributed by atoms with Crippen molar-refractivity contribution in [3.63, 3.8) is 0 Å². The monoisotopic (exact) mass is 462 g/mol. The fourth-order valence-electron chi connectivity index (χ4n) is 4.13. The Labute approximate surface area is 191 Å². The van der Waals surface area contributed by atoms with Crippen LogP contribution in [-0.4, -0.2) is 52.5 Å². The second kappa shape index (κ2) is 9.28. The van der Waals surface area contributed by atoms with Gasteiger partial charge in [-0.2, -0.15) is 0 Å². The van der Waals surface area contributed by atoms with Gasteiger partial charge < -0.3 is 26.0 Å². The van der Waals surface area contributed by atoms with E-state index in [1.165, 1.54) is 4.90 Å². The van der Waals surface area contributed by atoms with Crippen molar-refractivity contribution < 1.29 is 14.7 Å². The number of likely N-dealkylation sites (N-methyl/N-ethyl adjacent to an activating group) is 1. The molecule has 1 aliphatic rings. The number of carbonyl (C=O) groups is 2. The van der Waals surface area contributed by atoms with Crippen LogP contribution in [0.3, 0.4) is 0 Å². The molecule has 0 bridgehead atoms. The molecule has 0 radical (unpaired) electrons. The number of aliphatic hydroxyl groups is 1. The van der Waals surface area contributed by atoms with Gasteiger partial charge in [-0.3, -0.25) is 9.59 Å². The maximum absolute atomic E-state index is 13.0.